The first-order valence-electron chi connectivity index (χ1n) is 15.3. The van der Waals surface area contributed by atoms with Crippen molar-refractivity contribution < 1.29 is 14.3 Å². The van der Waals surface area contributed by atoms with Gasteiger partial charge in [0.2, 0.25) is 0 Å². The molecule has 0 radical (unpaired) electrons. The van der Waals surface area contributed by atoms with Crippen LogP contribution in [0.3, 0.4) is 0 Å². The molecular formula is C36H41N5O3. The van der Waals surface area contributed by atoms with E-state index in [1.54, 1.807) is 4.68 Å². The van der Waals surface area contributed by atoms with Gasteiger partial charge in [0.15, 0.2) is 0 Å². The number of carbonyl (C=O) groups excluding carboxylic acids is 1. The highest BCUT2D eigenvalue weighted by atomic mass is 16.5. The van der Waals surface area contributed by atoms with Gasteiger partial charge in [-0.15, -0.1) is 5.10 Å². The molecule has 8 nitrogen and oxygen atoms in total. The number of esters is 1. The number of aromatic nitrogens is 4. The molecule has 0 fully saturated rings. The molecule has 0 aliphatic carbocycles. The molecule has 1 unspecified atom stereocenters. The number of rotatable bonds is 7. The summed E-state index contributed by atoms with van der Waals surface area (Å²) in [4.78, 5) is 20.6. The van der Waals surface area contributed by atoms with E-state index in [0.717, 1.165) is 69.4 Å². The van der Waals surface area contributed by atoms with Crippen molar-refractivity contribution in [2.75, 3.05) is 13.7 Å². The Labute approximate surface area is 259 Å². The molecule has 0 N–H and O–H groups in total. The van der Waals surface area contributed by atoms with Crippen LogP contribution in [0.25, 0.3) is 21.8 Å². The maximum Gasteiger partial charge on any atom is 0.312 e. The largest absolute Gasteiger partial charge is 0.486 e. The van der Waals surface area contributed by atoms with E-state index in [4.69, 9.17) is 14.5 Å². The molecule has 3 heterocycles. The van der Waals surface area contributed by atoms with E-state index >= 15 is 0 Å². The highest BCUT2D eigenvalue weighted by Gasteiger charge is 2.41. The first kappa shape index (κ1) is 29.8. The number of aryl methyl sites for hydroxylation is 3. The molecule has 0 saturated heterocycles. The number of methoxy groups -OCH3 is 1. The SMILES string of the molecule is CC[C@@H]1CN(Cc2cc(C(c3ccc4c(nnn4C)c3C)C(C)(C)C(=O)OC)ccc2C)Cc2ncc3ccccc3c2O1. The number of pyridine rings is 1. The highest BCUT2D eigenvalue weighted by molar-refractivity contribution is 5.88. The molecule has 0 bridgehead atoms. The average molecular weight is 592 g/mol. The summed E-state index contributed by atoms with van der Waals surface area (Å²) in [6.07, 6.45) is 2.90. The molecule has 2 atom stereocenters. The molecule has 1 aliphatic heterocycles. The summed E-state index contributed by atoms with van der Waals surface area (Å²) in [5.74, 6) is 0.386. The van der Waals surface area contributed by atoms with E-state index in [-0.39, 0.29) is 18.0 Å². The molecule has 6 rings (SSSR count). The molecule has 44 heavy (non-hydrogen) atoms. The summed E-state index contributed by atoms with van der Waals surface area (Å²) >= 11 is 0. The van der Waals surface area contributed by atoms with E-state index in [0.29, 0.717) is 6.54 Å². The van der Waals surface area contributed by atoms with Crippen LogP contribution in [0.15, 0.2) is 60.8 Å². The second kappa shape index (κ2) is 11.7. The van der Waals surface area contributed by atoms with E-state index in [1.807, 2.05) is 39.2 Å². The zero-order chi connectivity index (χ0) is 31.2. The number of benzene rings is 3. The van der Waals surface area contributed by atoms with Crippen molar-refractivity contribution in [1.29, 1.82) is 0 Å². The first-order chi connectivity index (χ1) is 21.1. The Kier molecular flexibility index (Phi) is 7.88. The summed E-state index contributed by atoms with van der Waals surface area (Å²) in [5.41, 5.74) is 7.47. The molecule has 8 heteroatoms. The molecule has 0 amide bonds. The van der Waals surface area contributed by atoms with E-state index in [2.05, 4.69) is 78.4 Å². The highest BCUT2D eigenvalue weighted by Crippen LogP contribution is 2.44. The molecule has 3 aromatic carbocycles. The van der Waals surface area contributed by atoms with Crippen LogP contribution in [-0.2, 0) is 29.7 Å². The summed E-state index contributed by atoms with van der Waals surface area (Å²) < 4.78 is 13.7. The van der Waals surface area contributed by atoms with Crippen molar-refractivity contribution in [2.24, 2.45) is 12.5 Å². The standard InChI is InChI=1S/C36H41N5O3/c1-8-27-20-41(21-30-34(44-27)29-12-10-9-11-25(29)18-37-30)19-26-17-24(14-13-22(26)2)32(36(4,5)35(42)43-7)28-15-16-31-33(23(28)3)38-39-40(31)6/h9-18,27,32H,8,19-21H2,1-7H3/t27-,32?/m1/s1. The Morgan fingerprint density at radius 1 is 1.14 bits per heavy atom. The molecule has 2 aromatic heterocycles. The minimum Gasteiger partial charge on any atom is -0.486 e. The van der Waals surface area contributed by atoms with Gasteiger partial charge < -0.3 is 9.47 Å². The van der Waals surface area contributed by atoms with Crippen LogP contribution in [0, 0.1) is 19.3 Å². The Balaban J connectivity index is 1.41. The smallest absolute Gasteiger partial charge is 0.312 e. The van der Waals surface area contributed by atoms with Gasteiger partial charge in [0.05, 0.1) is 23.7 Å². The third-order valence-corrected chi connectivity index (χ3v) is 9.33. The van der Waals surface area contributed by atoms with Crippen molar-refractivity contribution in [1.82, 2.24) is 24.9 Å². The number of nitrogens with zero attached hydrogens (tertiary/aromatic N) is 5. The third-order valence-electron chi connectivity index (χ3n) is 9.33. The maximum absolute atomic E-state index is 13.3. The fourth-order valence-corrected chi connectivity index (χ4v) is 6.73. The second-order valence-electron chi connectivity index (χ2n) is 12.6. The lowest BCUT2D eigenvalue weighted by atomic mass is 9.69. The quantitative estimate of drug-likeness (QED) is 0.196. The molecule has 1 aliphatic rings. The Morgan fingerprint density at radius 3 is 2.70 bits per heavy atom. The minimum absolute atomic E-state index is 0.0553. The number of fused-ring (bicyclic) bond motifs is 4. The van der Waals surface area contributed by atoms with Gasteiger partial charge in [-0.2, -0.15) is 0 Å². The predicted molar refractivity (Wildman–Crippen MR) is 173 cm³/mol. The van der Waals surface area contributed by atoms with Crippen molar-refractivity contribution in [3.05, 3.63) is 94.3 Å². The van der Waals surface area contributed by atoms with Gasteiger partial charge in [0.25, 0.3) is 0 Å². The van der Waals surface area contributed by atoms with Crippen LogP contribution in [0.2, 0.25) is 0 Å². The molecule has 0 saturated carbocycles. The summed E-state index contributed by atoms with van der Waals surface area (Å²) in [5, 5.41) is 10.9. The van der Waals surface area contributed by atoms with Crippen molar-refractivity contribution in [3.8, 4) is 5.75 Å². The summed E-state index contributed by atoms with van der Waals surface area (Å²) in [6.45, 7) is 12.6. The van der Waals surface area contributed by atoms with E-state index in [1.165, 1.54) is 18.2 Å². The van der Waals surface area contributed by atoms with Gasteiger partial charge in [0.1, 0.15) is 17.4 Å². The number of hydrogen-bond donors (Lipinski definition) is 0. The Bertz CT molecular complexity index is 1860. The Morgan fingerprint density at radius 2 is 1.93 bits per heavy atom. The zero-order valence-electron chi connectivity index (χ0n) is 26.7. The van der Waals surface area contributed by atoms with Crippen LogP contribution >= 0.6 is 0 Å². The first-order valence-corrected chi connectivity index (χ1v) is 15.3. The fraction of sp³-hybridized carbons (Fsp3) is 0.389. The average Bonchev–Trinajstić information content (AvgIpc) is 3.30. The van der Waals surface area contributed by atoms with Crippen molar-refractivity contribution in [3.63, 3.8) is 0 Å². The van der Waals surface area contributed by atoms with Gasteiger partial charge in [-0.25, -0.2) is 4.68 Å². The van der Waals surface area contributed by atoms with Crippen LogP contribution < -0.4 is 4.74 Å². The molecule has 0 spiro atoms. The summed E-state index contributed by atoms with van der Waals surface area (Å²) in [6, 6.07) is 19.0. The minimum atomic E-state index is -0.838. The van der Waals surface area contributed by atoms with Crippen LogP contribution in [0.4, 0.5) is 0 Å². The third kappa shape index (κ3) is 5.21. The van der Waals surface area contributed by atoms with Gasteiger partial charge in [-0.1, -0.05) is 60.7 Å². The monoisotopic (exact) mass is 591 g/mol. The van der Waals surface area contributed by atoms with E-state index < -0.39 is 5.41 Å². The lowest BCUT2D eigenvalue weighted by molar-refractivity contribution is -0.151. The maximum atomic E-state index is 13.3. The van der Waals surface area contributed by atoms with E-state index in [9.17, 15) is 4.79 Å². The zero-order valence-corrected chi connectivity index (χ0v) is 26.7. The van der Waals surface area contributed by atoms with Crippen LogP contribution in [0.1, 0.15) is 66.6 Å². The Hall–Kier alpha value is -4.30. The lowest BCUT2D eigenvalue weighted by Gasteiger charge is -2.34. The molecular weight excluding hydrogens is 550 g/mol. The fourth-order valence-electron chi connectivity index (χ4n) is 6.73. The normalized spacial score (nSPS) is 16.4. The number of carbonyl (C=O) groups is 1. The van der Waals surface area contributed by atoms with Crippen LogP contribution in [0.5, 0.6) is 5.75 Å². The molecule has 228 valence electrons. The topological polar surface area (TPSA) is 82.4 Å². The van der Waals surface area contributed by atoms with Gasteiger partial charge >= 0.3 is 5.97 Å². The lowest BCUT2D eigenvalue weighted by Crippen LogP contribution is -2.34. The molecule has 5 aromatic rings. The van der Waals surface area contributed by atoms with Crippen LogP contribution in [-0.4, -0.2) is 50.6 Å². The van der Waals surface area contributed by atoms with Gasteiger partial charge in [-0.05, 0) is 68.0 Å². The van der Waals surface area contributed by atoms with Gasteiger partial charge in [-0.3, -0.25) is 14.7 Å². The summed E-state index contributed by atoms with van der Waals surface area (Å²) in [7, 11) is 3.35. The van der Waals surface area contributed by atoms with Crippen molar-refractivity contribution >= 4 is 27.8 Å². The predicted octanol–water partition coefficient (Wildman–Crippen LogP) is 6.64. The number of hydrogen-bond acceptors (Lipinski definition) is 7. The number of ether oxygens (including phenoxy) is 2. The van der Waals surface area contributed by atoms with Gasteiger partial charge in [0, 0.05) is 49.6 Å². The van der Waals surface area contributed by atoms with Crippen molar-refractivity contribution in [2.45, 2.75) is 66.2 Å². The second-order valence-corrected chi connectivity index (χ2v) is 12.6.